The van der Waals surface area contributed by atoms with Crippen LogP contribution in [0.2, 0.25) is 0 Å². The van der Waals surface area contributed by atoms with E-state index in [9.17, 15) is 4.79 Å². The molecule has 1 N–H and O–H groups in total. The van der Waals surface area contributed by atoms with Crippen molar-refractivity contribution < 1.29 is 0 Å². The second kappa shape index (κ2) is 5.41. The van der Waals surface area contributed by atoms with Gasteiger partial charge in [-0.15, -0.1) is 0 Å². The van der Waals surface area contributed by atoms with Crippen molar-refractivity contribution in [2.75, 3.05) is 5.32 Å². The Morgan fingerprint density at radius 1 is 1.29 bits per heavy atom. The molecule has 3 fully saturated rings. The predicted molar refractivity (Wildman–Crippen MR) is 86.4 cm³/mol. The lowest BCUT2D eigenvalue weighted by molar-refractivity contribution is 0.261. The van der Waals surface area contributed by atoms with Crippen LogP contribution in [0.3, 0.4) is 0 Å². The summed E-state index contributed by atoms with van der Waals surface area (Å²) >= 11 is 3.50. The summed E-state index contributed by atoms with van der Waals surface area (Å²) in [5.41, 5.74) is 0.765. The van der Waals surface area contributed by atoms with E-state index in [4.69, 9.17) is 0 Å². The summed E-state index contributed by atoms with van der Waals surface area (Å²) in [6, 6.07) is 0.479. The van der Waals surface area contributed by atoms with Crippen LogP contribution >= 0.6 is 15.9 Å². The molecule has 0 saturated heterocycles. The van der Waals surface area contributed by atoms with Gasteiger partial charge >= 0.3 is 0 Å². The summed E-state index contributed by atoms with van der Waals surface area (Å²) in [7, 11) is 0. The van der Waals surface area contributed by atoms with Crippen molar-refractivity contribution in [2.24, 2.45) is 17.8 Å². The van der Waals surface area contributed by atoms with Crippen LogP contribution in [0.25, 0.3) is 0 Å². The number of halogens is 1. The van der Waals surface area contributed by atoms with E-state index in [1.54, 1.807) is 10.9 Å². The van der Waals surface area contributed by atoms with Gasteiger partial charge in [-0.3, -0.25) is 4.79 Å². The third kappa shape index (κ3) is 2.54. The van der Waals surface area contributed by atoms with Crippen molar-refractivity contribution in [3.8, 4) is 0 Å². The third-order valence-electron chi connectivity index (χ3n) is 5.72. The van der Waals surface area contributed by atoms with Gasteiger partial charge < -0.3 is 5.32 Å². The smallest absolute Gasteiger partial charge is 0.291 e. The Bertz CT molecular complexity index is 596. The number of fused-ring (bicyclic) bond motifs is 2. The van der Waals surface area contributed by atoms with Gasteiger partial charge in [0.05, 0.1) is 10.7 Å². The van der Waals surface area contributed by atoms with E-state index in [2.05, 4.69) is 26.3 Å². The van der Waals surface area contributed by atoms with Crippen molar-refractivity contribution in [2.45, 2.75) is 57.5 Å². The van der Waals surface area contributed by atoms with Crippen molar-refractivity contribution >= 4 is 21.6 Å². The van der Waals surface area contributed by atoms with Crippen molar-refractivity contribution in [1.29, 1.82) is 0 Å². The van der Waals surface area contributed by atoms with Gasteiger partial charge in [0.2, 0.25) is 0 Å². The van der Waals surface area contributed by atoms with E-state index in [0.717, 1.165) is 28.5 Å². The standard InChI is InChI=1S/C16H22BrN3O/c17-13-8-18-20(9-10-2-1-3-10)16(21)15(13)19-14-7-11-4-5-12(14)6-11/h8,10-12,14,19H,1-7,9H2. The van der Waals surface area contributed by atoms with E-state index >= 15 is 0 Å². The molecule has 4 rings (SSSR count). The Kier molecular flexibility index (Phi) is 3.56. The quantitative estimate of drug-likeness (QED) is 0.903. The van der Waals surface area contributed by atoms with E-state index in [1.165, 1.54) is 44.9 Å². The molecule has 0 amide bonds. The molecule has 0 radical (unpaired) electrons. The first-order valence-electron chi connectivity index (χ1n) is 8.23. The van der Waals surface area contributed by atoms with E-state index in [1.807, 2.05) is 0 Å². The van der Waals surface area contributed by atoms with Gasteiger partial charge in [0, 0.05) is 12.6 Å². The van der Waals surface area contributed by atoms with Crippen molar-refractivity contribution in [3.05, 3.63) is 21.0 Å². The Labute approximate surface area is 133 Å². The minimum absolute atomic E-state index is 0.0408. The van der Waals surface area contributed by atoms with Crippen molar-refractivity contribution in [3.63, 3.8) is 0 Å². The molecule has 0 spiro atoms. The van der Waals surface area contributed by atoms with E-state index in [0.29, 0.717) is 12.0 Å². The Morgan fingerprint density at radius 3 is 2.76 bits per heavy atom. The third-order valence-corrected chi connectivity index (χ3v) is 6.32. The Morgan fingerprint density at radius 2 is 2.14 bits per heavy atom. The van der Waals surface area contributed by atoms with Gasteiger partial charge in [0.25, 0.3) is 5.56 Å². The summed E-state index contributed by atoms with van der Waals surface area (Å²) in [5, 5.41) is 7.84. The maximum atomic E-state index is 12.7. The molecule has 114 valence electrons. The van der Waals surface area contributed by atoms with Crippen LogP contribution in [0, 0.1) is 17.8 Å². The van der Waals surface area contributed by atoms with E-state index < -0.39 is 0 Å². The van der Waals surface area contributed by atoms with Gasteiger partial charge in [-0.25, -0.2) is 4.68 Å². The van der Waals surface area contributed by atoms with Crippen LogP contribution in [0.1, 0.15) is 44.9 Å². The molecule has 3 aliphatic rings. The first kappa shape index (κ1) is 13.8. The summed E-state index contributed by atoms with van der Waals surface area (Å²) < 4.78 is 2.46. The lowest BCUT2D eigenvalue weighted by atomic mass is 9.85. The zero-order valence-electron chi connectivity index (χ0n) is 12.2. The molecule has 21 heavy (non-hydrogen) atoms. The first-order valence-corrected chi connectivity index (χ1v) is 9.02. The molecule has 4 nitrogen and oxygen atoms in total. The summed E-state index contributed by atoms with van der Waals surface area (Å²) in [6.45, 7) is 0.775. The van der Waals surface area contributed by atoms with Crippen LogP contribution in [-0.4, -0.2) is 15.8 Å². The number of hydrogen-bond acceptors (Lipinski definition) is 3. The molecule has 1 heterocycles. The topological polar surface area (TPSA) is 46.9 Å². The molecular formula is C16H22BrN3O. The summed E-state index contributed by atoms with van der Waals surface area (Å²) in [6.07, 6.45) is 10.8. The molecule has 1 aromatic rings. The average Bonchev–Trinajstić information content (AvgIpc) is 3.03. The first-order chi connectivity index (χ1) is 10.2. The average molecular weight is 352 g/mol. The van der Waals surface area contributed by atoms with Gasteiger partial charge in [-0.2, -0.15) is 5.10 Å². The molecule has 3 atom stereocenters. The van der Waals surface area contributed by atoms with Gasteiger partial charge in [-0.05, 0) is 65.8 Å². The van der Waals surface area contributed by atoms with Crippen LogP contribution in [0.5, 0.6) is 0 Å². The van der Waals surface area contributed by atoms with Crippen LogP contribution in [0.4, 0.5) is 5.69 Å². The summed E-state index contributed by atoms with van der Waals surface area (Å²) in [4.78, 5) is 12.7. The maximum Gasteiger partial charge on any atom is 0.291 e. The number of nitrogens with one attached hydrogen (secondary N) is 1. The highest BCUT2D eigenvalue weighted by molar-refractivity contribution is 9.10. The van der Waals surface area contributed by atoms with Gasteiger partial charge in [-0.1, -0.05) is 12.8 Å². The largest absolute Gasteiger partial charge is 0.377 e. The lowest BCUT2D eigenvalue weighted by Crippen LogP contribution is -2.34. The second-order valence-corrected chi connectivity index (χ2v) is 7.93. The Balaban J connectivity index is 1.55. The second-order valence-electron chi connectivity index (χ2n) is 7.08. The predicted octanol–water partition coefficient (Wildman–Crippen LogP) is 3.41. The molecule has 2 bridgehead atoms. The van der Waals surface area contributed by atoms with Crippen LogP contribution in [-0.2, 0) is 6.54 Å². The number of anilines is 1. The van der Waals surface area contributed by atoms with Gasteiger partial charge in [0.1, 0.15) is 5.69 Å². The highest BCUT2D eigenvalue weighted by Crippen LogP contribution is 2.45. The fourth-order valence-electron chi connectivity index (χ4n) is 4.26. The molecular weight excluding hydrogens is 330 g/mol. The maximum absolute atomic E-state index is 12.7. The molecule has 3 aliphatic carbocycles. The molecule has 0 aromatic carbocycles. The number of hydrogen-bond donors (Lipinski definition) is 1. The Hall–Kier alpha value is -0.840. The number of aromatic nitrogens is 2. The number of rotatable bonds is 4. The highest BCUT2D eigenvalue weighted by Gasteiger charge is 2.40. The van der Waals surface area contributed by atoms with Crippen LogP contribution in [0.15, 0.2) is 15.5 Å². The minimum atomic E-state index is 0.0408. The molecule has 1 aromatic heterocycles. The number of nitrogens with zero attached hydrogens (tertiary/aromatic N) is 2. The molecule has 5 heteroatoms. The normalized spacial score (nSPS) is 31.4. The zero-order valence-corrected chi connectivity index (χ0v) is 13.8. The van der Waals surface area contributed by atoms with E-state index in [-0.39, 0.29) is 5.56 Å². The fourth-order valence-corrected chi connectivity index (χ4v) is 4.63. The highest BCUT2D eigenvalue weighted by atomic mass is 79.9. The fraction of sp³-hybridized carbons (Fsp3) is 0.750. The molecule has 3 saturated carbocycles. The molecule has 0 aliphatic heterocycles. The monoisotopic (exact) mass is 351 g/mol. The minimum Gasteiger partial charge on any atom is -0.377 e. The molecule has 3 unspecified atom stereocenters. The SMILES string of the molecule is O=c1c(NC2CC3CCC2C3)c(Br)cnn1CC1CCC1. The lowest BCUT2D eigenvalue weighted by Gasteiger charge is -2.27. The zero-order chi connectivity index (χ0) is 14.4. The van der Waals surface area contributed by atoms with Crippen molar-refractivity contribution in [1.82, 2.24) is 9.78 Å². The van der Waals surface area contributed by atoms with Gasteiger partial charge in [0.15, 0.2) is 0 Å². The summed E-state index contributed by atoms with van der Waals surface area (Å²) in [5.74, 6) is 2.28. The van der Waals surface area contributed by atoms with Crippen LogP contribution < -0.4 is 10.9 Å².